The molecular weight excluding hydrogens is 392 g/mol. The largest absolute Gasteiger partial charge is 0.493 e. The van der Waals surface area contributed by atoms with Crippen LogP contribution >= 0.6 is 0 Å². The Morgan fingerprint density at radius 3 is 2.45 bits per heavy atom. The molecule has 0 bridgehead atoms. The number of hydrogen-bond donors (Lipinski definition) is 2. The fraction of sp³-hybridized carbons (Fsp3) is 0.760. The van der Waals surface area contributed by atoms with Crippen LogP contribution in [0.2, 0.25) is 0 Å². The van der Waals surface area contributed by atoms with E-state index in [4.69, 9.17) is 19.9 Å². The standard InChI is InChI=1S/C25H44N2O4/c1-19(2)21(17-22(26)23(28)18-27-11-6-5-7-12-27)15-20-9-10-24(30-4)25(16-20)31-14-8-13-29-3/h9-10,16,19,21-23,28H,5-8,11-15,17-18,26H2,1-4H3/t21-,22-,23-/m0/s1. The quantitative estimate of drug-likeness (QED) is 0.435. The van der Waals surface area contributed by atoms with Crippen molar-refractivity contribution in [2.75, 3.05) is 47.1 Å². The summed E-state index contributed by atoms with van der Waals surface area (Å²) in [7, 11) is 3.36. The highest BCUT2D eigenvalue weighted by atomic mass is 16.5. The Morgan fingerprint density at radius 2 is 1.81 bits per heavy atom. The first kappa shape index (κ1) is 25.9. The van der Waals surface area contributed by atoms with Gasteiger partial charge in [-0.05, 0) is 68.3 Å². The van der Waals surface area contributed by atoms with E-state index in [1.807, 2.05) is 6.07 Å². The van der Waals surface area contributed by atoms with Crippen molar-refractivity contribution in [2.24, 2.45) is 17.6 Å². The Bertz CT molecular complexity index is 620. The Labute approximate surface area is 189 Å². The van der Waals surface area contributed by atoms with Crippen molar-refractivity contribution in [3.8, 4) is 11.5 Å². The van der Waals surface area contributed by atoms with Crippen LogP contribution in [0.25, 0.3) is 0 Å². The van der Waals surface area contributed by atoms with E-state index in [2.05, 4.69) is 30.9 Å². The molecule has 31 heavy (non-hydrogen) atoms. The minimum Gasteiger partial charge on any atom is -0.493 e. The molecule has 1 aliphatic rings. The minimum absolute atomic E-state index is 0.211. The summed E-state index contributed by atoms with van der Waals surface area (Å²) in [6.45, 7) is 8.59. The second-order valence-corrected chi connectivity index (χ2v) is 9.22. The maximum absolute atomic E-state index is 10.7. The maximum atomic E-state index is 10.7. The van der Waals surface area contributed by atoms with Gasteiger partial charge in [-0.3, -0.25) is 0 Å². The molecule has 0 spiro atoms. The zero-order valence-electron chi connectivity index (χ0n) is 20.0. The van der Waals surface area contributed by atoms with Crippen molar-refractivity contribution in [1.82, 2.24) is 4.90 Å². The van der Waals surface area contributed by atoms with Gasteiger partial charge in [0.25, 0.3) is 0 Å². The van der Waals surface area contributed by atoms with Gasteiger partial charge < -0.3 is 30.0 Å². The van der Waals surface area contributed by atoms with E-state index in [9.17, 15) is 5.11 Å². The van der Waals surface area contributed by atoms with E-state index in [1.165, 1.54) is 24.8 Å². The Balaban J connectivity index is 1.96. The molecule has 3 atom stereocenters. The lowest BCUT2D eigenvalue weighted by Gasteiger charge is -2.32. The van der Waals surface area contributed by atoms with Crippen LogP contribution < -0.4 is 15.2 Å². The topological polar surface area (TPSA) is 77.2 Å². The van der Waals surface area contributed by atoms with Crippen LogP contribution in [-0.4, -0.2) is 69.2 Å². The molecule has 0 saturated carbocycles. The summed E-state index contributed by atoms with van der Waals surface area (Å²) in [5, 5.41) is 10.7. The molecular formula is C25H44N2O4. The van der Waals surface area contributed by atoms with Crippen LogP contribution in [0.1, 0.15) is 51.5 Å². The number of β-amino-alcohol motifs (C(OH)–C–C–N with tert-alkyl or cyclic N) is 1. The summed E-state index contributed by atoms with van der Waals surface area (Å²) in [5.74, 6) is 2.38. The van der Waals surface area contributed by atoms with Gasteiger partial charge in [-0.25, -0.2) is 0 Å². The fourth-order valence-electron chi connectivity index (χ4n) is 4.29. The number of hydrogen-bond acceptors (Lipinski definition) is 6. The predicted molar refractivity (Wildman–Crippen MR) is 126 cm³/mol. The third-order valence-corrected chi connectivity index (χ3v) is 6.38. The molecule has 2 rings (SSSR count). The van der Waals surface area contributed by atoms with Crippen molar-refractivity contribution in [3.05, 3.63) is 23.8 Å². The molecule has 6 nitrogen and oxygen atoms in total. The number of rotatable bonds is 14. The van der Waals surface area contributed by atoms with Crippen molar-refractivity contribution in [1.29, 1.82) is 0 Å². The van der Waals surface area contributed by atoms with E-state index in [-0.39, 0.29) is 6.04 Å². The number of aliphatic hydroxyl groups is 1. The van der Waals surface area contributed by atoms with E-state index in [0.717, 1.165) is 43.9 Å². The molecule has 1 aromatic carbocycles. The first-order valence-electron chi connectivity index (χ1n) is 11.9. The van der Waals surface area contributed by atoms with Gasteiger partial charge in [-0.15, -0.1) is 0 Å². The van der Waals surface area contributed by atoms with Gasteiger partial charge >= 0.3 is 0 Å². The summed E-state index contributed by atoms with van der Waals surface area (Å²) in [5.41, 5.74) is 7.67. The van der Waals surface area contributed by atoms with E-state index in [1.54, 1.807) is 14.2 Å². The second kappa shape index (κ2) is 13.9. The van der Waals surface area contributed by atoms with Crippen molar-refractivity contribution in [2.45, 2.75) is 64.5 Å². The lowest BCUT2D eigenvalue weighted by molar-refractivity contribution is 0.0722. The number of benzene rings is 1. The molecule has 0 amide bonds. The van der Waals surface area contributed by atoms with Gasteiger partial charge in [0.15, 0.2) is 11.5 Å². The molecule has 178 valence electrons. The Kier molecular flexibility index (Phi) is 11.7. The number of likely N-dealkylation sites (tertiary alicyclic amines) is 1. The van der Waals surface area contributed by atoms with Crippen LogP contribution in [0.15, 0.2) is 18.2 Å². The highest BCUT2D eigenvalue weighted by molar-refractivity contribution is 5.43. The van der Waals surface area contributed by atoms with E-state index < -0.39 is 6.10 Å². The number of aliphatic hydroxyl groups excluding tert-OH is 1. The average molecular weight is 437 g/mol. The van der Waals surface area contributed by atoms with Crippen LogP contribution in [-0.2, 0) is 11.2 Å². The first-order chi connectivity index (χ1) is 14.9. The monoisotopic (exact) mass is 436 g/mol. The van der Waals surface area contributed by atoms with Crippen LogP contribution in [0.5, 0.6) is 11.5 Å². The zero-order chi connectivity index (χ0) is 22.6. The third-order valence-electron chi connectivity index (χ3n) is 6.38. The normalized spacial score (nSPS) is 18.0. The van der Waals surface area contributed by atoms with Crippen molar-refractivity contribution in [3.63, 3.8) is 0 Å². The highest BCUT2D eigenvalue weighted by Crippen LogP contribution is 2.31. The van der Waals surface area contributed by atoms with Gasteiger partial charge in [0.05, 0.1) is 19.8 Å². The molecule has 1 saturated heterocycles. The molecule has 0 unspecified atom stereocenters. The SMILES string of the molecule is COCCCOc1cc(C[C@@H](C[C@H](N)[C@@H](O)CN2CCCCC2)C(C)C)ccc1OC. The van der Waals surface area contributed by atoms with Gasteiger partial charge in [-0.1, -0.05) is 26.3 Å². The number of nitrogens with two attached hydrogens (primary N) is 1. The molecule has 0 radical (unpaired) electrons. The minimum atomic E-state index is -0.477. The molecule has 6 heteroatoms. The number of ether oxygens (including phenoxy) is 3. The molecule has 1 aliphatic heterocycles. The van der Waals surface area contributed by atoms with Gasteiger partial charge in [0.2, 0.25) is 0 Å². The molecule has 0 aliphatic carbocycles. The van der Waals surface area contributed by atoms with Crippen LogP contribution in [0.3, 0.4) is 0 Å². The van der Waals surface area contributed by atoms with Crippen molar-refractivity contribution >= 4 is 0 Å². The molecule has 0 aromatic heterocycles. The summed E-state index contributed by atoms with van der Waals surface area (Å²) in [4.78, 5) is 2.36. The van der Waals surface area contributed by atoms with E-state index >= 15 is 0 Å². The molecule has 1 aromatic rings. The molecule has 3 N–H and O–H groups in total. The van der Waals surface area contributed by atoms with Gasteiger partial charge in [0, 0.05) is 32.7 Å². The number of piperidine rings is 1. The lowest BCUT2D eigenvalue weighted by atomic mass is 9.83. The maximum Gasteiger partial charge on any atom is 0.161 e. The average Bonchev–Trinajstić information content (AvgIpc) is 2.77. The van der Waals surface area contributed by atoms with Gasteiger partial charge in [-0.2, -0.15) is 0 Å². The highest BCUT2D eigenvalue weighted by Gasteiger charge is 2.25. The van der Waals surface area contributed by atoms with Crippen LogP contribution in [0.4, 0.5) is 0 Å². The van der Waals surface area contributed by atoms with Crippen molar-refractivity contribution < 1.29 is 19.3 Å². The number of methoxy groups -OCH3 is 2. The third kappa shape index (κ3) is 8.97. The predicted octanol–water partition coefficient (Wildman–Crippen LogP) is 3.49. The smallest absolute Gasteiger partial charge is 0.161 e. The molecule has 1 heterocycles. The van der Waals surface area contributed by atoms with Crippen LogP contribution in [0, 0.1) is 11.8 Å². The van der Waals surface area contributed by atoms with E-state index in [0.29, 0.717) is 31.6 Å². The summed E-state index contributed by atoms with van der Waals surface area (Å²) in [6.07, 6.45) is 5.82. The summed E-state index contributed by atoms with van der Waals surface area (Å²) >= 11 is 0. The zero-order valence-corrected chi connectivity index (χ0v) is 20.0. The summed E-state index contributed by atoms with van der Waals surface area (Å²) in [6, 6.07) is 5.95. The Hall–Kier alpha value is -1.34. The molecule has 1 fully saturated rings. The first-order valence-corrected chi connectivity index (χ1v) is 11.9. The number of nitrogens with zero attached hydrogens (tertiary/aromatic N) is 1. The summed E-state index contributed by atoms with van der Waals surface area (Å²) < 4.78 is 16.5. The second-order valence-electron chi connectivity index (χ2n) is 9.22. The van der Waals surface area contributed by atoms with Gasteiger partial charge in [0.1, 0.15) is 0 Å². The Morgan fingerprint density at radius 1 is 1.06 bits per heavy atom. The lowest BCUT2D eigenvalue weighted by Crippen LogP contribution is -2.46. The fourth-order valence-corrected chi connectivity index (χ4v) is 4.29.